The van der Waals surface area contributed by atoms with Crippen LogP contribution in [-0.4, -0.2) is 28.5 Å². The maximum absolute atomic E-state index is 14.7. The Labute approximate surface area is 216 Å². The molecule has 0 N–H and O–H groups in total. The van der Waals surface area contributed by atoms with Crippen LogP contribution in [0.2, 0.25) is 0 Å². The molecule has 0 unspecified atom stereocenters. The van der Waals surface area contributed by atoms with E-state index in [1.807, 2.05) is 54.6 Å². The number of nitrogens with zero attached hydrogens (tertiary/aromatic N) is 2. The summed E-state index contributed by atoms with van der Waals surface area (Å²) in [5.74, 6) is -0.826. The molecule has 7 heteroatoms. The molecule has 0 saturated heterocycles. The van der Waals surface area contributed by atoms with E-state index in [1.165, 1.54) is 0 Å². The number of rotatable bonds is 3. The van der Waals surface area contributed by atoms with Gasteiger partial charge in [-0.2, -0.15) is 5.26 Å². The van der Waals surface area contributed by atoms with Crippen LogP contribution in [0.25, 0.3) is 55.4 Å². The average Bonchev–Trinajstić information content (AvgIpc) is 3.34. The van der Waals surface area contributed by atoms with Gasteiger partial charge in [-0.3, -0.25) is 4.98 Å². The molecule has 0 aliphatic carbocycles. The van der Waals surface area contributed by atoms with E-state index in [0.29, 0.717) is 33.1 Å². The van der Waals surface area contributed by atoms with Crippen molar-refractivity contribution >= 4 is 62.0 Å². The summed E-state index contributed by atoms with van der Waals surface area (Å²) < 4.78 is 21.1. The molecule has 4 aromatic carbocycles. The van der Waals surface area contributed by atoms with Crippen LogP contribution in [0.4, 0.5) is 4.39 Å². The SMILES string of the molecule is [B]c1nc(-c2cccc3c2oc2c(-c4ccc(-c5ccccc5)cc4)ccc(C#N)c23)c([B])c(F)c1[B]. The van der Waals surface area contributed by atoms with Crippen LogP contribution in [-0.2, 0) is 0 Å². The lowest BCUT2D eigenvalue weighted by Gasteiger charge is -2.12. The smallest absolute Gasteiger partial charge is 0.144 e. The van der Waals surface area contributed by atoms with E-state index in [1.54, 1.807) is 18.2 Å². The number of aromatic nitrogens is 1. The number of hydrogen-bond donors (Lipinski definition) is 0. The second-order valence-corrected chi connectivity index (χ2v) is 8.69. The molecule has 0 fully saturated rings. The number of fused-ring (bicyclic) bond motifs is 3. The van der Waals surface area contributed by atoms with E-state index >= 15 is 0 Å². The molecule has 6 rings (SSSR count). The number of benzene rings is 4. The Bertz CT molecular complexity index is 1870. The first-order valence-corrected chi connectivity index (χ1v) is 11.5. The molecule has 3 nitrogen and oxygen atoms in total. The molecular formula is C30H14B3FN2O. The number of halogens is 1. The molecular weight excluding hydrogens is 456 g/mol. The van der Waals surface area contributed by atoms with Gasteiger partial charge in [0.15, 0.2) is 0 Å². The Hall–Kier alpha value is -4.56. The second-order valence-electron chi connectivity index (χ2n) is 8.69. The third-order valence-corrected chi connectivity index (χ3v) is 6.56. The zero-order valence-electron chi connectivity index (χ0n) is 19.5. The summed E-state index contributed by atoms with van der Waals surface area (Å²) in [4.78, 5) is 4.25. The van der Waals surface area contributed by atoms with E-state index in [-0.39, 0.29) is 22.2 Å². The summed E-state index contributed by atoms with van der Waals surface area (Å²) in [7, 11) is 17.6. The summed E-state index contributed by atoms with van der Waals surface area (Å²) in [6.45, 7) is 0. The maximum Gasteiger partial charge on any atom is 0.144 e. The quantitative estimate of drug-likeness (QED) is 0.362. The van der Waals surface area contributed by atoms with Gasteiger partial charge >= 0.3 is 0 Å². The van der Waals surface area contributed by atoms with E-state index in [2.05, 4.69) is 23.2 Å². The predicted octanol–water partition coefficient (Wildman–Crippen LogP) is 4.37. The Morgan fingerprint density at radius 2 is 1.41 bits per heavy atom. The van der Waals surface area contributed by atoms with Crippen molar-refractivity contribution in [1.82, 2.24) is 4.98 Å². The van der Waals surface area contributed by atoms with Gasteiger partial charge < -0.3 is 4.42 Å². The predicted molar refractivity (Wildman–Crippen MR) is 149 cm³/mol. The lowest BCUT2D eigenvalue weighted by Crippen LogP contribution is -2.38. The molecule has 2 aromatic heterocycles. The van der Waals surface area contributed by atoms with Gasteiger partial charge in [0.1, 0.15) is 40.5 Å². The van der Waals surface area contributed by atoms with E-state index < -0.39 is 5.82 Å². The minimum atomic E-state index is -0.826. The number of pyridine rings is 1. The zero-order chi connectivity index (χ0) is 25.7. The van der Waals surface area contributed by atoms with Crippen molar-refractivity contribution in [3.05, 3.63) is 96.3 Å². The van der Waals surface area contributed by atoms with Crippen molar-refractivity contribution in [2.45, 2.75) is 0 Å². The van der Waals surface area contributed by atoms with Gasteiger partial charge in [0.25, 0.3) is 0 Å². The van der Waals surface area contributed by atoms with Crippen LogP contribution in [0.15, 0.2) is 89.3 Å². The summed E-state index contributed by atoms with van der Waals surface area (Å²) in [5.41, 5.74) is 5.26. The normalized spacial score (nSPS) is 11.1. The van der Waals surface area contributed by atoms with Crippen molar-refractivity contribution < 1.29 is 8.81 Å². The minimum Gasteiger partial charge on any atom is -0.455 e. The standard InChI is InChI=1S/C30H14B3FN2O/c31-24-26(34)25(32)30(33)36-27(24)22-8-4-7-21-23-19(15-35)13-14-20(29(23)37-28(21)22)18-11-9-17(10-12-18)16-5-2-1-3-6-16/h1-14H. The maximum atomic E-state index is 14.7. The largest absolute Gasteiger partial charge is 0.455 e. The molecule has 2 heterocycles. The highest BCUT2D eigenvalue weighted by Crippen LogP contribution is 2.41. The zero-order valence-corrected chi connectivity index (χ0v) is 19.5. The van der Waals surface area contributed by atoms with Gasteiger partial charge in [0.05, 0.1) is 17.3 Å². The van der Waals surface area contributed by atoms with E-state index in [9.17, 15) is 9.65 Å². The van der Waals surface area contributed by atoms with E-state index in [0.717, 1.165) is 22.3 Å². The highest BCUT2D eigenvalue weighted by atomic mass is 19.1. The van der Waals surface area contributed by atoms with Gasteiger partial charge in [-0.15, -0.1) is 0 Å². The molecule has 6 radical (unpaired) electrons. The molecule has 0 atom stereocenters. The lowest BCUT2D eigenvalue weighted by atomic mass is 9.78. The molecule has 0 amide bonds. The van der Waals surface area contributed by atoms with E-state index in [4.69, 9.17) is 28.0 Å². The van der Waals surface area contributed by atoms with Crippen LogP contribution in [0, 0.1) is 17.1 Å². The monoisotopic (exact) mass is 470 g/mol. The van der Waals surface area contributed by atoms with Gasteiger partial charge in [-0.25, -0.2) is 4.39 Å². The summed E-state index contributed by atoms with van der Waals surface area (Å²) in [5, 5.41) is 11.2. The Balaban J connectivity index is 1.59. The molecule has 166 valence electrons. The molecule has 0 bridgehead atoms. The van der Waals surface area contributed by atoms with Crippen molar-refractivity contribution in [2.75, 3.05) is 0 Å². The third-order valence-electron chi connectivity index (χ3n) is 6.56. The first kappa shape index (κ1) is 22.9. The molecule has 0 aliphatic rings. The van der Waals surface area contributed by atoms with Crippen LogP contribution in [0.1, 0.15) is 5.56 Å². The molecule has 0 saturated carbocycles. The van der Waals surface area contributed by atoms with Gasteiger partial charge in [0.2, 0.25) is 0 Å². The number of hydrogen-bond acceptors (Lipinski definition) is 3. The molecule has 6 aromatic rings. The lowest BCUT2D eigenvalue weighted by molar-refractivity contribution is 0.644. The topological polar surface area (TPSA) is 49.8 Å². The fourth-order valence-electron chi connectivity index (χ4n) is 4.69. The Kier molecular flexibility index (Phi) is 5.46. The third kappa shape index (κ3) is 3.65. The second kappa shape index (κ2) is 8.83. The first-order valence-electron chi connectivity index (χ1n) is 11.5. The van der Waals surface area contributed by atoms with Crippen LogP contribution in [0.3, 0.4) is 0 Å². The van der Waals surface area contributed by atoms with Crippen LogP contribution < -0.4 is 16.5 Å². The molecule has 0 spiro atoms. The van der Waals surface area contributed by atoms with Gasteiger partial charge in [0, 0.05) is 21.9 Å². The molecule has 37 heavy (non-hydrogen) atoms. The summed E-state index contributed by atoms with van der Waals surface area (Å²) >= 11 is 0. The minimum absolute atomic E-state index is 0.126. The highest BCUT2D eigenvalue weighted by molar-refractivity contribution is 6.50. The number of para-hydroxylation sites is 1. The average molecular weight is 470 g/mol. The van der Waals surface area contributed by atoms with Gasteiger partial charge in [-0.1, -0.05) is 72.2 Å². The first-order chi connectivity index (χ1) is 18.0. The highest BCUT2D eigenvalue weighted by Gasteiger charge is 2.21. The fraction of sp³-hybridized carbons (Fsp3) is 0. The van der Waals surface area contributed by atoms with Crippen molar-refractivity contribution in [1.29, 1.82) is 5.26 Å². The van der Waals surface area contributed by atoms with Crippen molar-refractivity contribution in [2.24, 2.45) is 0 Å². The van der Waals surface area contributed by atoms with Crippen LogP contribution >= 0.6 is 0 Å². The van der Waals surface area contributed by atoms with Gasteiger partial charge in [-0.05, 0) is 45.9 Å². The Morgan fingerprint density at radius 3 is 2.14 bits per heavy atom. The summed E-state index contributed by atoms with van der Waals surface area (Å²) in [6, 6.07) is 29.5. The van der Waals surface area contributed by atoms with Crippen molar-refractivity contribution in [3.63, 3.8) is 0 Å². The fourth-order valence-corrected chi connectivity index (χ4v) is 4.69. The summed E-state index contributed by atoms with van der Waals surface area (Å²) in [6.07, 6.45) is 0. The van der Waals surface area contributed by atoms with Crippen LogP contribution in [0.5, 0.6) is 0 Å². The van der Waals surface area contributed by atoms with Crippen molar-refractivity contribution in [3.8, 4) is 39.6 Å². The number of furan rings is 1. The Morgan fingerprint density at radius 1 is 0.703 bits per heavy atom. The molecule has 0 aliphatic heterocycles. The number of nitriles is 1.